The number of rotatable bonds is 6. The molecule has 0 spiro atoms. The first-order valence-corrected chi connectivity index (χ1v) is 11.0. The highest BCUT2D eigenvalue weighted by atomic mass is 16.5. The van der Waals surface area contributed by atoms with E-state index in [1.54, 1.807) is 7.11 Å². The predicted molar refractivity (Wildman–Crippen MR) is 114 cm³/mol. The molecule has 31 heavy (non-hydrogen) atoms. The highest BCUT2D eigenvalue weighted by Crippen LogP contribution is 2.26. The van der Waals surface area contributed by atoms with Gasteiger partial charge in [0.2, 0.25) is 5.91 Å². The van der Waals surface area contributed by atoms with E-state index >= 15 is 0 Å². The molecule has 0 radical (unpaired) electrons. The van der Waals surface area contributed by atoms with Crippen LogP contribution in [0.25, 0.3) is 0 Å². The zero-order chi connectivity index (χ0) is 21.4. The Kier molecular flexibility index (Phi) is 5.35. The molecule has 3 saturated heterocycles. The van der Waals surface area contributed by atoms with Gasteiger partial charge in [-0.2, -0.15) is 0 Å². The maximum absolute atomic E-state index is 12.8. The third-order valence-corrected chi connectivity index (χ3v) is 6.56. The summed E-state index contributed by atoms with van der Waals surface area (Å²) >= 11 is 0. The summed E-state index contributed by atoms with van der Waals surface area (Å²) in [5.41, 5.74) is 2.63. The van der Waals surface area contributed by atoms with E-state index in [2.05, 4.69) is 15.2 Å². The number of methoxy groups -OCH3 is 1. The number of hydrogen-bond donors (Lipinski definition) is 0. The second kappa shape index (κ2) is 8.30. The van der Waals surface area contributed by atoms with Crippen molar-refractivity contribution in [1.82, 2.24) is 24.8 Å². The third-order valence-electron chi connectivity index (χ3n) is 6.56. The van der Waals surface area contributed by atoms with Crippen LogP contribution in [0.4, 0.5) is 5.69 Å². The van der Waals surface area contributed by atoms with Crippen LogP contribution < -0.4 is 4.90 Å². The van der Waals surface area contributed by atoms with Crippen molar-refractivity contribution < 1.29 is 14.3 Å². The molecule has 1 unspecified atom stereocenters. The number of anilines is 1. The molecule has 3 fully saturated rings. The lowest BCUT2D eigenvalue weighted by atomic mass is 10.1. The Morgan fingerprint density at radius 2 is 1.97 bits per heavy atom. The van der Waals surface area contributed by atoms with E-state index in [4.69, 9.17) is 4.74 Å². The van der Waals surface area contributed by atoms with Crippen LogP contribution in [-0.2, 0) is 16.1 Å². The SMILES string of the molecule is COC1CCN(c2ccc(C(=O)N3CC(n4cc(CN5CCCC5=O)nn4)C3)cc2)C1. The molecular weight excluding hydrogens is 396 g/mol. The van der Waals surface area contributed by atoms with Crippen molar-refractivity contribution in [3.63, 3.8) is 0 Å². The minimum Gasteiger partial charge on any atom is -0.380 e. The fourth-order valence-electron chi connectivity index (χ4n) is 4.57. The molecule has 1 aromatic carbocycles. The maximum atomic E-state index is 12.8. The Labute approximate surface area is 181 Å². The summed E-state index contributed by atoms with van der Waals surface area (Å²) in [7, 11) is 1.75. The molecule has 9 nitrogen and oxygen atoms in total. The van der Waals surface area contributed by atoms with Crippen LogP contribution in [0.1, 0.15) is 41.4 Å². The Morgan fingerprint density at radius 3 is 2.65 bits per heavy atom. The minimum atomic E-state index is 0.0435. The Balaban J connectivity index is 1.14. The van der Waals surface area contributed by atoms with Gasteiger partial charge in [0.15, 0.2) is 0 Å². The van der Waals surface area contributed by atoms with Gasteiger partial charge in [-0.1, -0.05) is 5.21 Å². The summed E-state index contributed by atoms with van der Waals surface area (Å²) in [5, 5.41) is 8.42. The number of amides is 2. The normalized spacial score (nSPS) is 21.8. The summed E-state index contributed by atoms with van der Waals surface area (Å²) in [6.45, 7) is 4.42. The van der Waals surface area contributed by atoms with E-state index in [9.17, 15) is 9.59 Å². The largest absolute Gasteiger partial charge is 0.380 e. The lowest BCUT2D eigenvalue weighted by Gasteiger charge is -2.38. The number of aromatic nitrogens is 3. The first-order chi connectivity index (χ1) is 15.1. The van der Waals surface area contributed by atoms with Crippen LogP contribution in [0.3, 0.4) is 0 Å². The van der Waals surface area contributed by atoms with Gasteiger partial charge in [-0.25, -0.2) is 4.68 Å². The number of nitrogens with zero attached hydrogens (tertiary/aromatic N) is 6. The van der Waals surface area contributed by atoms with E-state index < -0.39 is 0 Å². The molecule has 0 aliphatic carbocycles. The zero-order valence-corrected chi connectivity index (χ0v) is 17.8. The van der Waals surface area contributed by atoms with E-state index in [1.165, 1.54) is 0 Å². The zero-order valence-electron chi connectivity index (χ0n) is 17.8. The standard InChI is InChI=1S/C22H28N6O3/c1-31-20-8-10-25(15-20)18-6-4-16(5-7-18)22(30)27-13-19(14-27)28-12-17(23-24-28)11-26-9-2-3-21(26)29/h4-7,12,19-20H,2-3,8-11,13-15H2,1H3. The molecule has 1 aromatic heterocycles. The van der Waals surface area contributed by atoms with Gasteiger partial charge in [0.05, 0.1) is 24.9 Å². The van der Waals surface area contributed by atoms with E-state index in [1.807, 2.05) is 44.9 Å². The van der Waals surface area contributed by atoms with Crippen LogP contribution in [0, 0.1) is 0 Å². The van der Waals surface area contributed by atoms with E-state index in [0.29, 0.717) is 31.6 Å². The first-order valence-electron chi connectivity index (χ1n) is 11.0. The molecule has 9 heteroatoms. The van der Waals surface area contributed by atoms with Gasteiger partial charge in [0.25, 0.3) is 5.91 Å². The Hall–Kier alpha value is -2.94. The highest BCUT2D eigenvalue weighted by Gasteiger charge is 2.33. The number of carbonyl (C=O) groups excluding carboxylic acids is 2. The van der Waals surface area contributed by atoms with Crippen molar-refractivity contribution in [2.75, 3.05) is 44.7 Å². The topological polar surface area (TPSA) is 83.8 Å². The summed E-state index contributed by atoms with van der Waals surface area (Å²) < 4.78 is 7.25. The number of likely N-dealkylation sites (tertiary alicyclic amines) is 2. The fourth-order valence-corrected chi connectivity index (χ4v) is 4.57. The first kappa shape index (κ1) is 20.0. The van der Waals surface area contributed by atoms with Crippen molar-refractivity contribution in [2.45, 2.75) is 38.0 Å². The summed E-state index contributed by atoms with van der Waals surface area (Å²) in [5.74, 6) is 0.228. The smallest absolute Gasteiger partial charge is 0.254 e. The monoisotopic (exact) mass is 424 g/mol. The van der Waals surface area contributed by atoms with Crippen molar-refractivity contribution in [2.24, 2.45) is 0 Å². The van der Waals surface area contributed by atoms with Crippen molar-refractivity contribution in [1.29, 1.82) is 0 Å². The van der Waals surface area contributed by atoms with Gasteiger partial charge >= 0.3 is 0 Å². The van der Waals surface area contributed by atoms with Crippen LogP contribution >= 0.6 is 0 Å². The van der Waals surface area contributed by atoms with Crippen LogP contribution in [-0.4, -0.2) is 82.5 Å². The van der Waals surface area contributed by atoms with Gasteiger partial charge in [-0.3, -0.25) is 9.59 Å². The Bertz CT molecular complexity index is 952. The number of benzene rings is 1. The lowest BCUT2D eigenvalue weighted by molar-refractivity contribution is -0.128. The molecular formula is C22H28N6O3. The number of carbonyl (C=O) groups is 2. The Morgan fingerprint density at radius 1 is 1.16 bits per heavy atom. The minimum absolute atomic E-state index is 0.0435. The molecule has 164 valence electrons. The molecule has 3 aliphatic heterocycles. The van der Waals surface area contributed by atoms with Gasteiger partial charge in [-0.15, -0.1) is 5.10 Å². The van der Waals surface area contributed by atoms with E-state index in [-0.39, 0.29) is 24.0 Å². The van der Waals surface area contributed by atoms with Crippen molar-refractivity contribution in [3.05, 3.63) is 41.7 Å². The summed E-state index contributed by atoms with van der Waals surface area (Å²) in [6.07, 6.45) is 4.76. The van der Waals surface area contributed by atoms with Crippen LogP contribution in [0.15, 0.2) is 30.5 Å². The van der Waals surface area contributed by atoms with Gasteiger partial charge in [-0.05, 0) is 37.1 Å². The average molecular weight is 425 g/mol. The molecule has 4 heterocycles. The van der Waals surface area contributed by atoms with Crippen molar-refractivity contribution in [3.8, 4) is 0 Å². The molecule has 2 aromatic rings. The second-order valence-electron chi connectivity index (χ2n) is 8.61. The number of hydrogen-bond acceptors (Lipinski definition) is 6. The molecule has 1 atom stereocenters. The van der Waals surface area contributed by atoms with Crippen LogP contribution in [0.5, 0.6) is 0 Å². The van der Waals surface area contributed by atoms with Gasteiger partial charge in [0, 0.05) is 57.5 Å². The number of ether oxygens (including phenoxy) is 1. The average Bonchev–Trinajstić information content (AvgIpc) is 3.49. The summed E-state index contributed by atoms with van der Waals surface area (Å²) in [4.78, 5) is 30.5. The van der Waals surface area contributed by atoms with Crippen LogP contribution in [0.2, 0.25) is 0 Å². The summed E-state index contributed by atoms with van der Waals surface area (Å²) in [6, 6.07) is 7.99. The molecule has 0 saturated carbocycles. The molecule has 0 N–H and O–H groups in total. The molecule has 5 rings (SSSR count). The molecule has 0 bridgehead atoms. The molecule has 3 aliphatic rings. The predicted octanol–water partition coefficient (Wildman–Crippen LogP) is 1.32. The van der Waals surface area contributed by atoms with Gasteiger partial charge < -0.3 is 19.4 Å². The highest BCUT2D eigenvalue weighted by molar-refractivity contribution is 5.95. The lowest BCUT2D eigenvalue weighted by Crippen LogP contribution is -2.50. The van der Waals surface area contributed by atoms with Crippen molar-refractivity contribution >= 4 is 17.5 Å². The fraction of sp³-hybridized carbons (Fsp3) is 0.545. The van der Waals surface area contributed by atoms with E-state index in [0.717, 1.165) is 43.9 Å². The maximum Gasteiger partial charge on any atom is 0.254 e. The second-order valence-corrected chi connectivity index (χ2v) is 8.61. The molecule has 2 amide bonds. The van der Waals surface area contributed by atoms with Gasteiger partial charge in [0.1, 0.15) is 5.69 Å². The third kappa shape index (κ3) is 4.01. The quantitative estimate of drug-likeness (QED) is 0.696.